The minimum atomic E-state index is 0.0413. The lowest BCUT2D eigenvalue weighted by atomic mass is 9.87. The molecule has 2 aliphatic carbocycles. The summed E-state index contributed by atoms with van der Waals surface area (Å²) in [6.45, 7) is 6.64. The summed E-state index contributed by atoms with van der Waals surface area (Å²) < 4.78 is 10.5. The van der Waals surface area contributed by atoms with E-state index in [0.717, 1.165) is 39.5 Å². The Labute approximate surface area is 218 Å². The van der Waals surface area contributed by atoms with Crippen molar-refractivity contribution in [3.8, 4) is 0 Å². The van der Waals surface area contributed by atoms with Gasteiger partial charge in [-0.25, -0.2) is 0 Å². The number of benzene rings is 1. The summed E-state index contributed by atoms with van der Waals surface area (Å²) in [5.41, 5.74) is 6.34. The first kappa shape index (κ1) is 24.3. The van der Waals surface area contributed by atoms with Crippen molar-refractivity contribution < 1.29 is 9.30 Å². The van der Waals surface area contributed by atoms with Gasteiger partial charge in [0.25, 0.3) is 0 Å². The highest BCUT2D eigenvalue weighted by atomic mass is 16.5. The minimum absolute atomic E-state index is 0.0413. The molecule has 4 nitrogen and oxygen atoms in total. The third-order valence-corrected chi connectivity index (χ3v) is 6.25. The molecule has 0 atom stereocenters. The van der Waals surface area contributed by atoms with Crippen LogP contribution in [-0.4, -0.2) is 9.55 Å². The zero-order chi connectivity index (χ0) is 25.8. The topological polar surface area (TPSA) is 30.9 Å². The molecule has 2 aliphatic rings. The molecule has 0 amide bonds. The van der Waals surface area contributed by atoms with Gasteiger partial charge in [0.05, 0.1) is 29.5 Å². The zero-order valence-electron chi connectivity index (χ0n) is 21.7. The van der Waals surface area contributed by atoms with E-state index in [4.69, 9.17) is 4.74 Å². The molecule has 0 saturated carbocycles. The van der Waals surface area contributed by atoms with E-state index >= 15 is 0 Å². The fourth-order valence-electron chi connectivity index (χ4n) is 4.24. The van der Waals surface area contributed by atoms with Crippen molar-refractivity contribution in [2.45, 2.75) is 26.2 Å². The smallest absolute Gasteiger partial charge is 0.244 e. The lowest BCUT2D eigenvalue weighted by molar-refractivity contribution is -0.555. The highest BCUT2D eigenvalue weighted by Gasteiger charge is 2.15. The fraction of sp³-hybridized carbons (Fsp3) is 0.152. The number of fused-ring (bicyclic) bond motifs is 1. The van der Waals surface area contributed by atoms with Gasteiger partial charge in [-0.2, -0.15) is 0 Å². The second-order valence-electron chi connectivity index (χ2n) is 10.1. The Hall–Kier alpha value is -4.44. The van der Waals surface area contributed by atoms with Gasteiger partial charge in [-0.15, -0.1) is 0 Å². The lowest BCUT2D eigenvalue weighted by Crippen LogP contribution is -2.30. The predicted molar refractivity (Wildman–Crippen MR) is 151 cm³/mol. The number of nitrogens with zero attached hydrogens (tertiary/aromatic N) is 3. The van der Waals surface area contributed by atoms with Crippen LogP contribution in [-0.2, 0) is 17.2 Å². The molecule has 0 unspecified atom stereocenters. The zero-order valence-corrected chi connectivity index (χ0v) is 21.7. The largest absolute Gasteiger partial charge is 0.458 e. The number of rotatable bonds is 4. The van der Waals surface area contributed by atoms with Crippen LogP contribution in [0.15, 0.2) is 127 Å². The number of hydrogen-bond donors (Lipinski definition) is 0. The highest BCUT2D eigenvalue weighted by Crippen LogP contribution is 2.27. The molecule has 184 valence electrons. The Balaban J connectivity index is 1.50. The number of ether oxygens (including phenoxy) is 1. The summed E-state index contributed by atoms with van der Waals surface area (Å²) in [6.07, 6.45) is 29.5. The van der Waals surface area contributed by atoms with Gasteiger partial charge in [0.1, 0.15) is 11.5 Å². The van der Waals surface area contributed by atoms with E-state index in [2.05, 4.69) is 73.1 Å². The quantitative estimate of drug-likeness (QED) is 0.297. The monoisotopic (exact) mass is 485 g/mol. The van der Waals surface area contributed by atoms with E-state index in [-0.39, 0.29) is 5.41 Å². The van der Waals surface area contributed by atoms with Crippen molar-refractivity contribution in [3.63, 3.8) is 0 Å². The van der Waals surface area contributed by atoms with Gasteiger partial charge in [-0.1, -0.05) is 93.6 Å². The van der Waals surface area contributed by atoms with Gasteiger partial charge >= 0.3 is 0 Å². The molecule has 2 heterocycles. The molecule has 0 N–H and O–H groups in total. The summed E-state index contributed by atoms with van der Waals surface area (Å²) >= 11 is 0. The second-order valence-corrected chi connectivity index (χ2v) is 10.1. The summed E-state index contributed by atoms with van der Waals surface area (Å²) in [4.78, 5) is 4.66. The molecule has 0 radical (unpaired) electrons. The van der Waals surface area contributed by atoms with Crippen LogP contribution in [0.3, 0.4) is 0 Å². The summed E-state index contributed by atoms with van der Waals surface area (Å²) in [6, 6.07) is 12.5. The maximum atomic E-state index is 6.46. The number of allylic oxidation sites excluding steroid dienone is 14. The van der Waals surface area contributed by atoms with Crippen molar-refractivity contribution >= 4 is 22.3 Å². The van der Waals surface area contributed by atoms with Crippen LogP contribution in [0, 0.1) is 6.33 Å². The third-order valence-electron chi connectivity index (χ3n) is 6.25. The Bertz CT molecular complexity index is 1580. The lowest BCUT2D eigenvalue weighted by Gasteiger charge is -2.19. The number of para-hydroxylation sites is 2. The van der Waals surface area contributed by atoms with Gasteiger partial charge in [0.15, 0.2) is 0 Å². The molecule has 0 spiro atoms. The summed E-state index contributed by atoms with van der Waals surface area (Å²) in [7, 11) is 2.01. The van der Waals surface area contributed by atoms with Gasteiger partial charge in [0.2, 0.25) is 6.33 Å². The number of aromatic nitrogens is 3. The molecule has 37 heavy (non-hydrogen) atoms. The average molecular weight is 486 g/mol. The first-order valence-electron chi connectivity index (χ1n) is 12.5. The van der Waals surface area contributed by atoms with E-state index in [0.29, 0.717) is 0 Å². The van der Waals surface area contributed by atoms with Crippen molar-refractivity contribution in [1.82, 2.24) is 9.55 Å². The Kier molecular flexibility index (Phi) is 6.74. The third kappa shape index (κ3) is 5.54. The number of aryl methyl sites for hydroxylation is 1. The van der Waals surface area contributed by atoms with Crippen molar-refractivity contribution in [2.24, 2.45) is 7.05 Å². The maximum absolute atomic E-state index is 6.46. The van der Waals surface area contributed by atoms with Gasteiger partial charge < -0.3 is 13.9 Å². The predicted octanol–water partition coefficient (Wildman–Crippen LogP) is 6.92. The van der Waals surface area contributed by atoms with Crippen LogP contribution >= 0.6 is 0 Å². The molecule has 0 bridgehead atoms. The highest BCUT2D eigenvalue weighted by molar-refractivity contribution is 5.75. The Morgan fingerprint density at radius 3 is 2.38 bits per heavy atom. The molecule has 5 rings (SSSR count). The first-order chi connectivity index (χ1) is 17.9. The van der Waals surface area contributed by atoms with Crippen LogP contribution in [0.4, 0.5) is 0 Å². The number of hydrogen-bond acceptors (Lipinski definition) is 2. The average Bonchev–Trinajstić information content (AvgIpc) is 3.18. The Morgan fingerprint density at radius 2 is 1.59 bits per heavy atom. The van der Waals surface area contributed by atoms with Crippen LogP contribution in [0.2, 0.25) is 0 Å². The molecule has 3 aromatic rings. The Morgan fingerprint density at radius 1 is 0.865 bits per heavy atom. The summed E-state index contributed by atoms with van der Waals surface area (Å²) in [5.74, 6) is 1.45. The van der Waals surface area contributed by atoms with Crippen LogP contribution in [0.1, 0.15) is 32.0 Å². The molecule has 2 aromatic heterocycles. The molecule has 0 saturated heterocycles. The van der Waals surface area contributed by atoms with E-state index in [9.17, 15) is 0 Å². The first-order valence-corrected chi connectivity index (χ1v) is 12.5. The van der Waals surface area contributed by atoms with Crippen LogP contribution < -0.4 is 4.57 Å². The van der Waals surface area contributed by atoms with Crippen molar-refractivity contribution in [2.75, 3.05) is 0 Å². The second kappa shape index (κ2) is 10.3. The van der Waals surface area contributed by atoms with Crippen LogP contribution in [0.5, 0.6) is 0 Å². The van der Waals surface area contributed by atoms with E-state index in [1.165, 1.54) is 5.56 Å². The maximum Gasteiger partial charge on any atom is 0.244 e. The van der Waals surface area contributed by atoms with Crippen LogP contribution in [0.25, 0.3) is 22.3 Å². The van der Waals surface area contributed by atoms with Gasteiger partial charge in [-0.3, -0.25) is 4.98 Å². The van der Waals surface area contributed by atoms with Crippen molar-refractivity contribution in [1.29, 1.82) is 0 Å². The van der Waals surface area contributed by atoms with E-state index in [1.807, 2.05) is 90.7 Å². The van der Waals surface area contributed by atoms with Gasteiger partial charge in [0, 0.05) is 11.8 Å². The number of pyridine rings is 1. The molecule has 4 heteroatoms. The SMILES string of the molecule is Cn1[c-][n+](C2=C/C(OC3=C/C=C\C=C/C(c4cc(C(C)(C)C)ccn4)=C\3)=C\C=C/C=C\2)c2ccccc21. The molecule has 0 aliphatic heterocycles. The van der Waals surface area contributed by atoms with E-state index in [1.54, 1.807) is 0 Å². The summed E-state index contributed by atoms with van der Waals surface area (Å²) in [5, 5.41) is 0. The molecular weight excluding hydrogens is 454 g/mol. The molecule has 1 aromatic carbocycles. The fourth-order valence-corrected chi connectivity index (χ4v) is 4.24. The van der Waals surface area contributed by atoms with Gasteiger partial charge in [-0.05, 0) is 47.4 Å². The standard InChI is InChI=1S/C33H31N3O/c1-33(2,3)26-19-20-34-30(22-26)25-13-7-5-9-15-28(21-25)37-29-16-10-6-8-14-27(23-29)36-24-35(4)31-17-11-12-18-32(31)36/h5-23H,1-4H3/b7-5?,8-6?,9-5-,10-6-,13-7-,14-8-,15-9?,16-10?,25-13?,25-21+,27-14?,27-23+,28-15+,28-21?,29-16+,29-23?. The molecular formula is C33H31N3O. The number of imidazole rings is 1. The normalized spacial score (nSPS) is 24.9. The van der Waals surface area contributed by atoms with E-state index < -0.39 is 0 Å². The molecule has 0 fully saturated rings. The minimum Gasteiger partial charge on any atom is -0.458 e. The van der Waals surface area contributed by atoms with Crippen molar-refractivity contribution in [3.05, 3.63) is 145 Å².